The maximum Gasteiger partial charge on any atom is 0.258 e. The summed E-state index contributed by atoms with van der Waals surface area (Å²) in [4.78, 5) is 23.3. The van der Waals surface area contributed by atoms with Gasteiger partial charge >= 0.3 is 0 Å². The summed E-state index contributed by atoms with van der Waals surface area (Å²) in [6, 6.07) is 24.5. The van der Waals surface area contributed by atoms with E-state index in [1.165, 1.54) is 5.56 Å². The average Bonchev–Trinajstić information content (AvgIpc) is 3.21. The Morgan fingerprint density at radius 1 is 0.930 bits per heavy atom. The zero-order chi connectivity index (χ0) is 28.2. The fourth-order valence-corrected chi connectivity index (χ4v) is 6.02. The summed E-state index contributed by atoms with van der Waals surface area (Å²) < 4.78 is 8.40. The molecule has 3 aromatic carbocycles. The summed E-state index contributed by atoms with van der Waals surface area (Å²) in [7, 11) is 0. The molecule has 1 aromatic heterocycles. The topological polar surface area (TPSA) is 62.6 Å². The van der Waals surface area contributed by atoms with E-state index in [1.54, 1.807) is 0 Å². The van der Waals surface area contributed by atoms with Crippen LogP contribution in [0.1, 0.15) is 39.4 Å². The van der Waals surface area contributed by atoms with Crippen LogP contribution in [0.15, 0.2) is 72.8 Å². The molecule has 1 N–H and O–H groups in total. The van der Waals surface area contributed by atoms with Crippen LogP contribution < -0.4 is 15.0 Å². The molecule has 0 atom stereocenters. The molecule has 3 heterocycles. The van der Waals surface area contributed by atoms with Gasteiger partial charge in [-0.1, -0.05) is 48.5 Å². The van der Waals surface area contributed by atoms with E-state index in [1.807, 2.05) is 48.2 Å². The molecule has 6 rings (SSSR count). The largest absolute Gasteiger partial charge is 0.493 e. The molecule has 2 aliphatic rings. The average molecular weight is 623 g/mol. The summed E-state index contributed by atoms with van der Waals surface area (Å²) in [5, 5.41) is 3.39. The lowest BCUT2D eigenvalue weighted by Crippen LogP contribution is -2.43. The lowest BCUT2D eigenvalue weighted by molar-refractivity contribution is 0.0987. The van der Waals surface area contributed by atoms with Crippen molar-refractivity contribution in [2.75, 3.05) is 50.8 Å². The SMILES string of the molecule is Cc1cc(C(=O)N2CCc3nc(C)n(Cc4ccccc4)c3-c3ccccc32)ccc1OCCCN1CCNCC1.Cl.Cl. The van der Waals surface area contributed by atoms with Crippen molar-refractivity contribution in [2.45, 2.75) is 33.2 Å². The van der Waals surface area contributed by atoms with Gasteiger partial charge in [0.25, 0.3) is 5.91 Å². The molecular formula is C34H41Cl2N5O2. The maximum absolute atomic E-state index is 14.0. The van der Waals surface area contributed by atoms with Crippen molar-refractivity contribution >= 4 is 36.4 Å². The Morgan fingerprint density at radius 3 is 2.44 bits per heavy atom. The number of aromatic nitrogens is 2. The van der Waals surface area contributed by atoms with E-state index in [0.29, 0.717) is 25.1 Å². The molecule has 0 aliphatic carbocycles. The van der Waals surface area contributed by atoms with Gasteiger partial charge in [-0.15, -0.1) is 24.8 Å². The van der Waals surface area contributed by atoms with E-state index in [-0.39, 0.29) is 30.7 Å². The Labute approximate surface area is 267 Å². The van der Waals surface area contributed by atoms with Crippen molar-refractivity contribution in [3.63, 3.8) is 0 Å². The number of nitrogens with one attached hydrogen (secondary N) is 1. The van der Waals surface area contributed by atoms with Crippen LogP contribution in [0.3, 0.4) is 0 Å². The molecule has 1 fully saturated rings. The lowest BCUT2D eigenvalue weighted by Gasteiger charge is -2.27. The first-order chi connectivity index (χ1) is 20.1. The molecule has 0 spiro atoms. The number of rotatable bonds is 8. The number of fused-ring (bicyclic) bond motifs is 3. The van der Waals surface area contributed by atoms with Gasteiger partial charge in [-0.3, -0.25) is 4.79 Å². The number of hydrogen-bond acceptors (Lipinski definition) is 5. The fraction of sp³-hybridized carbons (Fsp3) is 0.353. The molecule has 7 nitrogen and oxygen atoms in total. The number of nitrogens with zero attached hydrogens (tertiary/aromatic N) is 4. The van der Waals surface area contributed by atoms with E-state index in [9.17, 15) is 4.79 Å². The molecule has 1 amide bonds. The predicted octanol–water partition coefficient (Wildman–Crippen LogP) is 5.94. The minimum absolute atomic E-state index is 0. The van der Waals surface area contributed by atoms with Crippen LogP contribution in [-0.4, -0.2) is 66.2 Å². The number of amides is 1. The van der Waals surface area contributed by atoms with Crippen LogP contribution in [0.25, 0.3) is 11.3 Å². The molecule has 1 saturated heterocycles. The second-order valence-electron chi connectivity index (χ2n) is 11.0. The number of piperazine rings is 1. The van der Waals surface area contributed by atoms with Crippen LogP contribution in [0.4, 0.5) is 5.69 Å². The van der Waals surface area contributed by atoms with E-state index in [4.69, 9.17) is 9.72 Å². The molecule has 9 heteroatoms. The van der Waals surface area contributed by atoms with Crippen molar-refractivity contribution in [3.8, 4) is 17.0 Å². The Bertz CT molecular complexity index is 1520. The van der Waals surface area contributed by atoms with Crippen LogP contribution in [0.2, 0.25) is 0 Å². The number of imidazole rings is 1. The van der Waals surface area contributed by atoms with Crippen LogP contribution in [0, 0.1) is 13.8 Å². The second-order valence-corrected chi connectivity index (χ2v) is 11.0. The van der Waals surface area contributed by atoms with E-state index >= 15 is 0 Å². The summed E-state index contributed by atoms with van der Waals surface area (Å²) in [5.74, 6) is 1.84. The van der Waals surface area contributed by atoms with Gasteiger partial charge in [0, 0.05) is 63.4 Å². The highest BCUT2D eigenvalue weighted by molar-refractivity contribution is 6.08. The van der Waals surface area contributed by atoms with Crippen molar-refractivity contribution in [3.05, 3.63) is 101 Å². The van der Waals surface area contributed by atoms with Crippen molar-refractivity contribution < 1.29 is 9.53 Å². The Hall–Kier alpha value is -3.36. The van der Waals surface area contributed by atoms with Crippen LogP contribution >= 0.6 is 24.8 Å². The summed E-state index contributed by atoms with van der Waals surface area (Å²) in [5.41, 5.74) is 7.01. The maximum atomic E-state index is 14.0. The van der Waals surface area contributed by atoms with Gasteiger partial charge in [0.05, 0.1) is 23.7 Å². The number of anilines is 1. The van der Waals surface area contributed by atoms with Crippen molar-refractivity contribution in [1.82, 2.24) is 19.8 Å². The van der Waals surface area contributed by atoms with Crippen molar-refractivity contribution in [1.29, 1.82) is 0 Å². The number of ether oxygens (including phenoxy) is 1. The highest BCUT2D eigenvalue weighted by Gasteiger charge is 2.29. The minimum atomic E-state index is 0. The number of benzene rings is 3. The Kier molecular flexibility index (Phi) is 11.3. The smallest absolute Gasteiger partial charge is 0.258 e. The minimum Gasteiger partial charge on any atom is -0.493 e. The van der Waals surface area contributed by atoms with Crippen LogP contribution in [0.5, 0.6) is 5.75 Å². The Morgan fingerprint density at radius 2 is 1.67 bits per heavy atom. The number of aryl methyl sites for hydroxylation is 2. The van der Waals surface area contributed by atoms with Gasteiger partial charge in [0.15, 0.2) is 0 Å². The third-order valence-corrected chi connectivity index (χ3v) is 8.19. The van der Waals surface area contributed by atoms with Gasteiger partial charge in [-0.2, -0.15) is 0 Å². The third-order valence-electron chi connectivity index (χ3n) is 8.19. The first kappa shape index (κ1) is 32.6. The monoisotopic (exact) mass is 621 g/mol. The standard InChI is InChI=1S/C34H39N5O2.2ClH/c1-25-23-28(13-14-32(25)41-22-8-18-37-20-16-35-17-21-37)34(40)38-19-15-30-33(29-11-6-7-12-31(29)38)39(26(2)36-30)24-27-9-4-3-5-10-27;;/h3-7,9-14,23,35H,8,15-22,24H2,1-2H3;2*1H. The number of carbonyl (C=O) groups is 1. The van der Waals surface area contributed by atoms with Gasteiger partial charge in [0.2, 0.25) is 0 Å². The molecule has 2 aliphatic heterocycles. The summed E-state index contributed by atoms with van der Waals surface area (Å²) in [6.45, 7) is 11.5. The van der Waals surface area contributed by atoms with E-state index < -0.39 is 0 Å². The normalized spacial score (nSPS) is 14.5. The van der Waals surface area contributed by atoms with E-state index in [2.05, 4.69) is 58.1 Å². The predicted molar refractivity (Wildman–Crippen MR) is 178 cm³/mol. The molecule has 0 unspecified atom stereocenters. The van der Waals surface area contributed by atoms with E-state index in [0.717, 1.165) is 85.5 Å². The fourth-order valence-electron chi connectivity index (χ4n) is 6.02. The molecule has 0 saturated carbocycles. The lowest BCUT2D eigenvalue weighted by atomic mass is 10.1. The van der Waals surface area contributed by atoms with Crippen LogP contribution in [-0.2, 0) is 13.0 Å². The zero-order valence-electron chi connectivity index (χ0n) is 24.9. The zero-order valence-corrected chi connectivity index (χ0v) is 26.6. The summed E-state index contributed by atoms with van der Waals surface area (Å²) in [6.07, 6.45) is 1.69. The van der Waals surface area contributed by atoms with Gasteiger partial charge in [-0.25, -0.2) is 4.98 Å². The number of carbonyl (C=O) groups excluding carboxylic acids is 1. The number of para-hydroxylation sites is 1. The highest BCUT2D eigenvalue weighted by Crippen LogP contribution is 2.38. The molecule has 0 radical (unpaired) electrons. The molecular weight excluding hydrogens is 581 g/mol. The highest BCUT2D eigenvalue weighted by atomic mass is 35.5. The number of hydrogen-bond donors (Lipinski definition) is 1. The molecule has 0 bridgehead atoms. The third kappa shape index (κ3) is 7.24. The number of halogens is 2. The van der Waals surface area contributed by atoms with Crippen molar-refractivity contribution in [2.24, 2.45) is 0 Å². The Balaban J connectivity index is 0.00000212. The van der Waals surface area contributed by atoms with Gasteiger partial charge in [0.1, 0.15) is 11.6 Å². The first-order valence-electron chi connectivity index (χ1n) is 14.8. The van der Waals surface area contributed by atoms with Gasteiger partial charge < -0.3 is 24.4 Å². The first-order valence-corrected chi connectivity index (χ1v) is 14.8. The summed E-state index contributed by atoms with van der Waals surface area (Å²) >= 11 is 0. The van der Waals surface area contributed by atoms with Gasteiger partial charge in [-0.05, 0) is 55.7 Å². The molecule has 43 heavy (non-hydrogen) atoms. The molecule has 4 aromatic rings. The quantitative estimate of drug-likeness (QED) is 0.247. The molecule has 228 valence electrons. The second kappa shape index (κ2) is 14.9.